The molecule has 1 saturated heterocycles. The minimum Gasteiger partial charge on any atom is -0.340 e. The molecule has 1 aliphatic heterocycles. The molecule has 0 spiro atoms. The van der Waals surface area contributed by atoms with E-state index in [4.69, 9.17) is 0 Å². The quantitative estimate of drug-likeness (QED) is 0.634. The number of Topliss-reactive ketones (excluding diaryl/α,β-unsaturated/α-hetero) is 1. The van der Waals surface area contributed by atoms with E-state index in [1.54, 1.807) is 0 Å². The standard InChI is InChI=1S/C21H22N2O3S/c1-2-23-18-12-7-6-11-17(18)20(21(23)16-9-4-3-5-10-16)19(24)15-22-13-8-14-27(22,25)26/h3-7,9-12H,2,8,13-15H2,1H3. The van der Waals surface area contributed by atoms with Gasteiger partial charge in [0.1, 0.15) is 0 Å². The summed E-state index contributed by atoms with van der Waals surface area (Å²) in [6, 6.07) is 17.7. The number of fused-ring (bicyclic) bond motifs is 1. The van der Waals surface area contributed by atoms with E-state index in [9.17, 15) is 13.2 Å². The minimum atomic E-state index is -3.31. The van der Waals surface area contributed by atoms with Crippen molar-refractivity contribution in [1.82, 2.24) is 8.87 Å². The molecule has 4 rings (SSSR count). The van der Waals surface area contributed by atoms with Crippen LogP contribution in [0, 0.1) is 0 Å². The number of rotatable bonds is 5. The highest BCUT2D eigenvalue weighted by Crippen LogP contribution is 2.34. The number of hydrogen-bond acceptors (Lipinski definition) is 3. The van der Waals surface area contributed by atoms with Crippen molar-refractivity contribution in [3.63, 3.8) is 0 Å². The van der Waals surface area contributed by atoms with Crippen LogP contribution in [0.25, 0.3) is 22.2 Å². The third-order valence-electron chi connectivity index (χ3n) is 5.14. The predicted octanol–water partition coefficient (Wildman–Crippen LogP) is 3.55. The Kier molecular flexibility index (Phi) is 4.61. The number of aromatic nitrogens is 1. The summed E-state index contributed by atoms with van der Waals surface area (Å²) in [5, 5.41) is 0.875. The first-order valence-electron chi connectivity index (χ1n) is 9.20. The SMILES string of the molecule is CCn1c(-c2ccccc2)c(C(=O)CN2CCCS2(=O)=O)c2ccccc21. The largest absolute Gasteiger partial charge is 0.340 e. The summed E-state index contributed by atoms with van der Waals surface area (Å²) in [7, 11) is -3.31. The van der Waals surface area contributed by atoms with Gasteiger partial charge in [-0.25, -0.2) is 8.42 Å². The normalized spacial score (nSPS) is 16.8. The van der Waals surface area contributed by atoms with Crippen molar-refractivity contribution in [2.75, 3.05) is 18.8 Å². The van der Waals surface area contributed by atoms with Crippen LogP contribution in [0.15, 0.2) is 54.6 Å². The van der Waals surface area contributed by atoms with Crippen molar-refractivity contribution in [1.29, 1.82) is 0 Å². The summed E-state index contributed by atoms with van der Waals surface area (Å²) in [5.74, 6) is -0.0227. The molecule has 0 radical (unpaired) electrons. The third kappa shape index (κ3) is 3.09. The number of sulfonamides is 1. The zero-order valence-electron chi connectivity index (χ0n) is 15.3. The van der Waals surface area contributed by atoms with E-state index in [0.717, 1.165) is 28.7 Å². The molecular weight excluding hydrogens is 360 g/mol. The second-order valence-corrected chi connectivity index (χ2v) is 8.87. The Morgan fingerprint density at radius 3 is 2.41 bits per heavy atom. The van der Waals surface area contributed by atoms with E-state index in [1.165, 1.54) is 4.31 Å². The molecule has 5 nitrogen and oxygen atoms in total. The number of carbonyl (C=O) groups excluding carboxylic acids is 1. The van der Waals surface area contributed by atoms with Gasteiger partial charge in [0.05, 0.1) is 23.6 Å². The van der Waals surface area contributed by atoms with Crippen molar-refractivity contribution in [3.05, 3.63) is 60.2 Å². The number of benzene rings is 2. The predicted molar refractivity (Wildman–Crippen MR) is 107 cm³/mol. The Morgan fingerprint density at radius 2 is 1.74 bits per heavy atom. The number of hydrogen-bond donors (Lipinski definition) is 0. The minimum absolute atomic E-state index is 0.0973. The van der Waals surface area contributed by atoms with Gasteiger partial charge in [-0.2, -0.15) is 4.31 Å². The van der Waals surface area contributed by atoms with Crippen LogP contribution in [-0.4, -0.2) is 41.9 Å². The number of nitrogens with zero attached hydrogens (tertiary/aromatic N) is 2. The van der Waals surface area contributed by atoms with Crippen LogP contribution in [0.1, 0.15) is 23.7 Å². The molecule has 0 bridgehead atoms. The van der Waals surface area contributed by atoms with Crippen LogP contribution in [-0.2, 0) is 16.6 Å². The number of carbonyl (C=O) groups is 1. The van der Waals surface area contributed by atoms with Crippen LogP contribution in [0.4, 0.5) is 0 Å². The monoisotopic (exact) mass is 382 g/mol. The van der Waals surface area contributed by atoms with Gasteiger partial charge < -0.3 is 4.57 Å². The Balaban J connectivity index is 1.90. The van der Waals surface area contributed by atoms with Crippen LogP contribution < -0.4 is 0 Å². The Morgan fingerprint density at radius 1 is 1.04 bits per heavy atom. The summed E-state index contributed by atoms with van der Waals surface area (Å²) in [6.07, 6.45) is 0.581. The number of aryl methyl sites for hydroxylation is 1. The van der Waals surface area contributed by atoms with Crippen molar-refractivity contribution in [3.8, 4) is 11.3 Å². The van der Waals surface area contributed by atoms with Crippen LogP contribution in [0.5, 0.6) is 0 Å². The highest BCUT2D eigenvalue weighted by molar-refractivity contribution is 7.89. The van der Waals surface area contributed by atoms with Gasteiger partial charge in [0.25, 0.3) is 0 Å². The van der Waals surface area contributed by atoms with Crippen LogP contribution in [0.3, 0.4) is 0 Å². The fraction of sp³-hybridized carbons (Fsp3) is 0.286. The average molecular weight is 382 g/mol. The summed E-state index contributed by atoms with van der Waals surface area (Å²) < 4.78 is 27.8. The van der Waals surface area contributed by atoms with E-state index >= 15 is 0 Å². The molecule has 1 fully saturated rings. The smallest absolute Gasteiger partial charge is 0.214 e. The van der Waals surface area contributed by atoms with Gasteiger partial charge in [-0.3, -0.25) is 4.79 Å². The molecule has 2 heterocycles. The molecular formula is C21H22N2O3S. The maximum Gasteiger partial charge on any atom is 0.214 e. The lowest BCUT2D eigenvalue weighted by Crippen LogP contribution is -2.31. The lowest BCUT2D eigenvalue weighted by atomic mass is 10.0. The molecule has 2 aromatic carbocycles. The lowest BCUT2D eigenvalue weighted by Gasteiger charge is -2.15. The van der Waals surface area contributed by atoms with Crippen molar-refractivity contribution >= 4 is 26.7 Å². The molecule has 1 aromatic heterocycles. The molecule has 6 heteroatoms. The maximum absolute atomic E-state index is 13.3. The summed E-state index contributed by atoms with van der Waals surface area (Å²) in [6.45, 7) is 3.10. The van der Waals surface area contributed by atoms with E-state index < -0.39 is 10.0 Å². The zero-order valence-corrected chi connectivity index (χ0v) is 16.1. The summed E-state index contributed by atoms with van der Waals surface area (Å²) in [5.41, 5.74) is 3.43. The molecule has 1 aliphatic rings. The van der Waals surface area contributed by atoms with Crippen LogP contribution in [0.2, 0.25) is 0 Å². The Bertz CT molecular complexity index is 1100. The second-order valence-electron chi connectivity index (χ2n) is 6.78. The molecule has 3 aromatic rings. The molecule has 140 valence electrons. The Labute approximate surface area is 159 Å². The highest BCUT2D eigenvalue weighted by atomic mass is 32.2. The van der Waals surface area contributed by atoms with Gasteiger partial charge in [0.15, 0.2) is 5.78 Å². The summed E-state index contributed by atoms with van der Waals surface area (Å²) in [4.78, 5) is 13.3. The van der Waals surface area contributed by atoms with Gasteiger partial charge in [-0.1, -0.05) is 48.5 Å². The van der Waals surface area contributed by atoms with E-state index in [2.05, 4.69) is 11.5 Å². The zero-order chi connectivity index (χ0) is 19.0. The fourth-order valence-corrected chi connectivity index (χ4v) is 5.39. The van der Waals surface area contributed by atoms with E-state index in [0.29, 0.717) is 18.5 Å². The number of ketones is 1. The van der Waals surface area contributed by atoms with E-state index in [1.807, 2.05) is 54.6 Å². The van der Waals surface area contributed by atoms with Crippen molar-refractivity contribution in [2.45, 2.75) is 19.9 Å². The summed E-state index contributed by atoms with van der Waals surface area (Å²) >= 11 is 0. The molecule has 27 heavy (non-hydrogen) atoms. The third-order valence-corrected chi connectivity index (χ3v) is 7.04. The van der Waals surface area contributed by atoms with Crippen molar-refractivity contribution < 1.29 is 13.2 Å². The Hall–Kier alpha value is -2.44. The van der Waals surface area contributed by atoms with Gasteiger partial charge in [0.2, 0.25) is 10.0 Å². The molecule has 0 atom stereocenters. The first-order chi connectivity index (χ1) is 13.0. The van der Waals surface area contributed by atoms with Crippen LogP contribution >= 0.6 is 0 Å². The van der Waals surface area contributed by atoms with Gasteiger partial charge in [-0.05, 0) is 25.0 Å². The highest BCUT2D eigenvalue weighted by Gasteiger charge is 2.32. The van der Waals surface area contributed by atoms with Gasteiger partial charge >= 0.3 is 0 Å². The average Bonchev–Trinajstić information content (AvgIpc) is 3.19. The lowest BCUT2D eigenvalue weighted by molar-refractivity contribution is 0.0971. The molecule has 0 unspecified atom stereocenters. The van der Waals surface area contributed by atoms with Crippen molar-refractivity contribution in [2.24, 2.45) is 0 Å². The first kappa shape index (κ1) is 17.9. The topological polar surface area (TPSA) is 59.4 Å². The maximum atomic E-state index is 13.3. The van der Waals surface area contributed by atoms with Gasteiger partial charge in [0, 0.05) is 24.0 Å². The van der Waals surface area contributed by atoms with E-state index in [-0.39, 0.29) is 18.1 Å². The van der Waals surface area contributed by atoms with Gasteiger partial charge in [-0.15, -0.1) is 0 Å². The number of para-hydroxylation sites is 1. The molecule has 0 saturated carbocycles. The molecule has 0 N–H and O–H groups in total. The molecule has 0 aliphatic carbocycles. The fourth-order valence-electron chi connectivity index (χ4n) is 3.92. The molecule has 0 amide bonds. The first-order valence-corrected chi connectivity index (χ1v) is 10.8. The second kappa shape index (κ2) is 6.94.